The minimum atomic E-state index is -0.761. The summed E-state index contributed by atoms with van der Waals surface area (Å²) in [5.74, 6) is -0.0202. The Morgan fingerprint density at radius 1 is 1.33 bits per heavy atom. The van der Waals surface area contributed by atoms with E-state index in [9.17, 15) is 14.4 Å². The number of fused-ring (bicyclic) bond motifs is 1. The summed E-state index contributed by atoms with van der Waals surface area (Å²) in [7, 11) is 3.95. The van der Waals surface area contributed by atoms with E-state index in [1.807, 2.05) is 19.0 Å². The summed E-state index contributed by atoms with van der Waals surface area (Å²) in [5.41, 5.74) is 7.17. The van der Waals surface area contributed by atoms with Crippen molar-refractivity contribution in [2.45, 2.75) is 75.0 Å². The van der Waals surface area contributed by atoms with E-state index < -0.39 is 23.7 Å². The molecule has 2 aromatic heterocycles. The zero-order chi connectivity index (χ0) is 30.7. The van der Waals surface area contributed by atoms with Crippen molar-refractivity contribution >= 4 is 57.8 Å². The van der Waals surface area contributed by atoms with Crippen LogP contribution in [0.1, 0.15) is 38.8 Å². The molecule has 3 aliphatic heterocycles. The Morgan fingerprint density at radius 2 is 2.09 bits per heavy atom. The van der Waals surface area contributed by atoms with E-state index in [4.69, 9.17) is 15.2 Å². The van der Waals surface area contributed by atoms with Crippen LogP contribution in [0, 0.1) is 5.92 Å². The third kappa shape index (κ3) is 7.16. The number of ether oxygens (including phenoxy) is 2. The summed E-state index contributed by atoms with van der Waals surface area (Å²) >= 11 is 4.14. The lowest BCUT2D eigenvalue weighted by atomic mass is 9.91. The molecular weight excluding hydrogens is 615 g/mol. The van der Waals surface area contributed by atoms with Gasteiger partial charge in [-0.15, -0.1) is 28.2 Å². The van der Waals surface area contributed by atoms with Crippen LogP contribution in [-0.4, -0.2) is 109 Å². The van der Waals surface area contributed by atoms with Gasteiger partial charge in [-0.25, -0.2) is 14.5 Å². The van der Waals surface area contributed by atoms with Crippen molar-refractivity contribution in [3.05, 3.63) is 22.3 Å². The minimum absolute atomic E-state index is 0.0146. The van der Waals surface area contributed by atoms with Crippen LogP contribution in [0.2, 0.25) is 0 Å². The van der Waals surface area contributed by atoms with E-state index in [2.05, 4.69) is 39.7 Å². The molecule has 0 spiro atoms. The summed E-state index contributed by atoms with van der Waals surface area (Å²) in [6.07, 6.45) is 2.04. The highest BCUT2D eigenvalue weighted by Gasteiger charge is 2.55. The zero-order valence-corrected chi connectivity index (χ0v) is 27.0. The van der Waals surface area contributed by atoms with Crippen molar-refractivity contribution in [3.63, 3.8) is 0 Å². The molecule has 5 heterocycles. The molecule has 0 bridgehead atoms. The van der Waals surface area contributed by atoms with Crippen molar-refractivity contribution in [1.29, 1.82) is 0 Å². The average Bonchev–Trinajstić information content (AvgIpc) is 3.59. The van der Waals surface area contributed by atoms with Crippen molar-refractivity contribution in [2.75, 3.05) is 37.9 Å². The SMILES string of the molecule is CCC(CC)C1CC(OC(=O)C2=C(CSc3nnnn3CCN(C)C)CS[C@H]3[C@H](NC(=O)Cc4csc(N)n4)C(=O)N23)O1. The molecule has 2 saturated heterocycles. The Morgan fingerprint density at radius 3 is 2.77 bits per heavy atom. The maximum atomic E-state index is 13.6. The number of likely N-dealkylation sites (N-methyl/N-ethyl adjacent to an activating group) is 1. The number of β-lactam (4-membered cyclic amide) rings is 1. The average molecular weight is 652 g/mol. The van der Waals surface area contributed by atoms with E-state index in [-0.39, 0.29) is 30.0 Å². The smallest absolute Gasteiger partial charge is 0.357 e. The van der Waals surface area contributed by atoms with E-state index in [0.717, 1.165) is 25.0 Å². The highest BCUT2D eigenvalue weighted by molar-refractivity contribution is 8.01. The summed E-state index contributed by atoms with van der Waals surface area (Å²) in [6.45, 7) is 5.63. The number of nitrogens with one attached hydrogen (secondary N) is 1. The van der Waals surface area contributed by atoms with Gasteiger partial charge in [0.15, 0.2) is 5.13 Å². The lowest BCUT2D eigenvalue weighted by molar-refractivity contribution is -0.260. The van der Waals surface area contributed by atoms with Crippen LogP contribution in [0.5, 0.6) is 0 Å². The fraction of sp³-hybridized carbons (Fsp3) is 0.654. The van der Waals surface area contributed by atoms with Gasteiger partial charge in [-0.3, -0.25) is 14.5 Å². The summed E-state index contributed by atoms with van der Waals surface area (Å²) in [5, 5.41) is 17.1. The monoisotopic (exact) mass is 651 g/mol. The van der Waals surface area contributed by atoms with Gasteiger partial charge in [0, 0.05) is 29.9 Å². The maximum Gasteiger partial charge on any atom is 0.357 e. The summed E-state index contributed by atoms with van der Waals surface area (Å²) < 4.78 is 13.4. The lowest BCUT2D eigenvalue weighted by Gasteiger charge is -2.50. The second kappa shape index (κ2) is 13.9. The first-order chi connectivity index (χ1) is 20.7. The number of aromatic nitrogens is 5. The Balaban J connectivity index is 1.29. The highest BCUT2D eigenvalue weighted by Crippen LogP contribution is 2.42. The van der Waals surface area contributed by atoms with Gasteiger partial charge in [-0.05, 0) is 36.0 Å². The second-order valence-corrected chi connectivity index (χ2v) is 13.8. The topological polar surface area (TPSA) is 171 Å². The predicted molar refractivity (Wildman–Crippen MR) is 163 cm³/mol. The molecule has 4 atom stereocenters. The number of esters is 1. The number of thioether (sulfide) groups is 2. The van der Waals surface area contributed by atoms with Crippen LogP contribution in [0.4, 0.5) is 5.13 Å². The molecule has 43 heavy (non-hydrogen) atoms. The number of nitrogens with zero attached hydrogens (tertiary/aromatic N) is 7. The minimum Gasteiger partial charge on any atom is -0.431 e. The molecule has 2 aromatic rings. The number of thiazole rings is 1. The van der Waals surface area contributed by atoms with Crippen LogP contribution in [0.25, 0.3) is 0 Å². The van der Waals surface area contributed by atoms with E-state index in [1.165, 1.54) is 39.8 Å². The third-order valence-corrected chi connectivity index (χ3v) is 10.8. The van der Waals surface area contributed by atoms with Gasteiger partial charge in [-0.2, -0.15) is 0 Å². The van der Waals surface area contributed by atoms with E-state index >= 15 is 0 Å². The first-order valence-electron chi connectivity index (χ1n) is 14.2. The molecule has 3 aliphatic rings. The number of amides is 2. The molecule has 3 N–H and O–H groups in total. The number of carbonyl (C=O) groups excluding carboxylic acids is 3. The van der Waals surface area contributed by atoms with Gasteiger partial charge in [0.05, 0.1) is 24.8 Å². The van der Waals surface area contributed by atoms with Crippen LogP contribution in [0.3, 0.4) is 0 Å². The van der Waals surface area contributed by atoms with E-state index in [0.29, 0.717) is 46.4 Å². The molecule has 5 rings (SSSR count). The molecular formula is C26H37N9O5S3. The first kappa shape index (κ1) is 31.7. The maximum absolute atomic E-state index is 13.6. The van der Waals surface area contributed by atoms with Crippen molar-refractivity contribution in [2.24, 2.45) is 5.92 Å². The Labute approximate surface area is 262 Å². The second-order valence-electron chi connectivity index (χ2n) is 10.9. The molecule has 234 valence electrons. The van der Waals surface area contributed by atoms with Crippen molar-refractivity contribution < 1.29 is 23.9 Å². The standard InChI is InChI=1S/C26H37N9O5S3/c1-5-14(6-2)17-10-19(39-17)40-24(38)21-15(12-43-26-30-31-32-34(26)8-7-33(3)4)11-41-23-20(22(37)35(21)23)29-18(36)9-16-13-42-25(27)28-16/h13-14,17,19-20,23H,5-12H2,1-4H3,(H2,27,28)(H,29,36)/t17?,19?,20-,23+/m1/s1. The molecule has 17 heteroatoms. The van der Waals surface area contributed by atoms with E-state index in [1.54, 1.807) is 10.1 Å². The fourth-order valence-corrected chi connectivity index (χ4v) is 8.16. The molecule has 0 aliphatic carbocycles. The molecule has 2 amide bonds. The van der Waals surface area contributed by atoms with Crippen LogP contribution in [0.15, 0.2) is 21.8 Å². The number of anilines is 1. The zero-order valence-electron chi connectivity index (χ0n) is 24.6. The van der Waals surface area contributed by atoms with Crippen LogP contribution in [-0.2, 0) is 36.8 Å². The lowest BCUT2D eigenvalue weighted by Crippen LogP contribution is -2.70. The molecule has 0 aromatic carbocycles. The number of tetrazole rings is 1. The van der Waals surface area contributed by atoms with Crippen molar-refractivity contribution in [3.8, 4) is 0 Å². The molecule has 0 radical (unpaired) electrons. The van der Waals surface area contributed by atoms with Crippen LogP contribution < -0.4 is 11.1 Å². The predicted octanol–water partition coefficient (Wildman–Crippen LogP) is 1.36. The highest BCUT2D eigenvalue weighted by atomic mass is 32.2. The Hall–Kier alpha value is -2.73. The number of hydrogen-bond donors (Lipinski definition) is 2. The van der Waals surface area contributed by atoms with Crippen molar-refractivity contribution in [1.82, 2.24) is 40.3 Å². The van der Waals surface area contributed by atoms with Gasteiger partial charge < -0.3 is 25.4 Å². The number of carbonyl (C=O) groups is 3. The molecule has 14 nitrogen and oxygen atoms in total. The quantitative estimate of drug-likeness (QED) is 0.171. The largest absolute Gasteiger partial charge is 0.431 e. The summed E-state index contributed by atoms with van der Waals surface area (Å²) in [6, 6.07) is -0.761. The van der Waals surface area contributed by atoms with Gasteiger partial charge in [-0.1, -0.05) is 38.5 Å². The Kier molecular flexibility index (Phi) is 10.3. The number of nitrogen functional groups attached to an aromatic ring is 1. The molecule has 2 unspecified atom stereocenters. The summed E-state index contributed by atoms with van der Waals surface area (Å²) in [4.78, 5) is 47.3. The van der Waals surface area contributed by atoms with Gasteiger partial charge in [0.25, 0.3) is 5.91 Å². The third-order valence-electron chi connectivity index (χ3n) is 7.67. The number of rotatable bonds is 14. The molecule has 2 fully saturated rings. The number of nitrogens with two attached hydrogens (primary N) is 1. The van der Waals surface area contributed by atoms with Gasteiger partial charge in [0.1, 0.15) is 17.1 Å². The van der Waals surface area contributed by atoms with Gasteiger partial charge >= 0.3 is 5.97 Å². The van der Waals surface area contributed by atoms with Gasteiger partial charge in [0.2, 0.25) is 17.4 Å². The number of hydrogen-bond acceptors (Lipinski definition) is 14. The molecule has 0 saturated carbocycles. The first-order valence-corrected chi connectivity index (χ1v) is 17.2. The van der Waals surface area contributed by atoms with Crippen LogP contribution >= 0.6 is 34.9 Å². The normalized spacial score (nSPS) is 23.3. The fourth-order valence-electron chi connectivity index (χ4n) is 5.20. The Bertz CT molecular complexity index is 1360.